The van der Waals surface area contributed by atoms with Crippen LogP contribution in [0.15, 0.2) is 95.9 Å². The van der Waals surface area contributed by atoms with E-state index in [-0.39, 0.29) is 23.3 Å². The second-order valence-corrected chi connectivity index (χ2v) is 12.6. The van der Waals surface area contributed by atoms with Gasteiger partial charge >= 0.3 is 0 Å². The van der Waals surface area contributed by atoms with Crippen LogP contribution in [0.5, 0.6) is 0 Å². The number of benzene rings is 3. The van der Waals surface area contributed by atoms with Gasteiger partial charge in [-0.2, -0.15) is 9.61 Å². The largest absolute Gasteiger partial charge is 0.339 e. The lowest BCUT2D eigenvalue weighted by molar-refractivity contribution is 0.0711. The highest BCUT2D eigenvalue weighted by atomic mass is 35.5. The number of hydrogen-bond acceptors (Lipinski definition) is 6. The lowest BCUT2D eigenvalue weighted by atomic mass is 9.93. The van der Waals surface area contributed by atoms with Crippen molar-refractivity contribution in [1.82, 2.24) is 24.7 Å². The van der Waals surface area contributed by atoms with Crippen molar-refractivity contribution in [3.05, 3.63) is 119 Å². The Kier molecular flexibility index (Phi) is 7.66. The fraction of sp³-hybridized carbons (Fsp3) is 0.226. The zero-order valence-corrected chi connectivity index (χ0v) is 24.5. The molecule has 0 bridgehead atoms. The number of carbonyl (C=O) groups excluding carboxylic acids is 1. The monoisotopic (exact) mass is 600 g/mol. The van der Waals surface area contributed by atoms with Crippen molar-refractivity contribution >= 4 is 38.9 Å². The molecule has 3 heterocycles. The summed E-state index contributed by atoms with van der Waals surface area (Å²) >= 11 is 6.09. The van der Waals surface area contributed by atoms with Crippen molar-refractivity contribution in [2.24, 2.45) is 0 Å². The van der Waals surface area contributed by atoms with Crippen LogP contribution in [-0.2, 0) is 16.6 Å². The molecule has 0 atom stereocenters. The first-order chi connectivity index (χ1) is 20.3. The molecule has 9 nitrogen and oxygen atoms in total. The number of halogens is 1. The molecular formula is C31H29ClN6O3S. The summed E-state index contributed by atoms with van der Waals surface area (Å²) in [6.07, 6.45) is 1.51. The fourth-order valence-electron chi connectivity index (χ4n) is 5.28. The van der Waals surface area contributed by atoms with Crippen LogP contribution in [0.4, 0.5) is 5.69 Å². The van der Waals surface area contributed by atoms with E-state index in [1.165, 1.54) is 16.4 Å². The van der Waals surface area contributed by atoms with E-state index in [2.05, 4.69) is 10.2 Å². The van der Waals surface area contributed by atoms with Gasteiger partial charge in [-0.3, -0.25) is 9.10 Å². The molecule has 1 aliphatic heterocycles. The van der Waals surface area contributed by atoms with E-state index < -0.39 is 10.0 Å². The lowest BCUT2D eigenvalue weighted by Gasteiger charge is -2.32. The summed E-state index contributed by atoms with van der Waals surface area (Å²) < 4.78 is 31.1. The number of amides is 1. The molecule has 0 radical (unpaired) electrons. The quantitative estimate of drug-likeness (QED) is 0.244. The van der Waals surface area contributed by atoms with E-state index in [0.29, 0.717) is 35.0 Å². The van der Waals surface area contributed by atoms with E-state index in [1.807, 2.05) is 49.4 Å². The van der Waals surface area contributed by atoms with Gasteiger partial charge in [-0.15, -0.1) is 10.2 Å². The van der Waals surface area contributed by atoms with E-state index in [9.17, 15) is 13.2 Å². The Bertz CT molecular complexity index is 1840. The predicted molar refractivity (Wildman–Crippen MR) is 161 cm³/mol. The van der Waals surface area contributed by atoms with E-state index in [0.717, 1.165) is 29.9 Å². The van der Waals surface area contributed by atoms with Crippen molar-refractivity contribution in [1.29, 1.82) is 0 Å². The Hall–Kier alpha value is -4.28. The second kappa shape index (κ2) is 11.5. The summed E-state index contributed by atoms with van der Waals surface area (Å²) in [5.41, 5.74) is 3.31. The third kappa shape index (κ3) is 5.60. The number of fused-ring (bicyclic) bond motifs is 1. The van der Waals surface area contributed by atoms with Crippen molar-refractivity contribution < 1.29 is 13.2 Å². The number of piperidine rings is 1. The SMILES string of the molecule is Cc1nnc2ccc(C3CCN(C(=O)c4cccc(S(=O)(=O)N(Cc5ccccc5)c5ccc(Cl)cc5)c4)CC3)nn12. The van der Waals surface area contributed by atoms with Crippen molar-refractivity contribution in [3.8, 4) is 0 Å². The number of carbonyl (C=O) groups is 1. The fourth-order valence-corrected chi connectivity index (χ4v) is 6.90. The van der Waals surface area contributed by atoms with E-state index >= 15 is 0 Å². The van der Waals surface area contributed by atoms with Crippen LogP contribution in [0, 0.1) is 6.92 Å². The van der Waals surface area contributed by atoms with Gasteiger partial charge in [0.15, 0.2) is 11.5 Å². The number of aromatic nitrogens is 4. The molecular weight excluding hydrogens is 572 g/mol. The molecule has 214 valence electrons. The van der Waals surface area contributed by atoms with Gasteiger partial charge in [0.05, 0.1) is 22.8 Å². The van der Waals surface area contributed by atoms with Crippen LogP contribution < -0.4 is 4.31 Å². The zero-order valence-electron chi connectivity index (χ0n) is 23.0. The van der Waals surface area contributed by atoms with Gasteiger partial charge in [-0.05, 0) is 79.9 Å². The lowest BCUT2D eigenvalue weighted by Crippen LogP contribution is -2.38. The van der Waals surface area contributed by atoms with Crippen molar-refractivity contribution in [2.75, 3.05) is 17.4 Å². The topological polar surface area (TPSA) is 101 Å². The maximum Gasteiger partial charge on any atom is 0.264 e. The summed E-state index contributed by atoms with van der Waals surface area (Å²) in [6, 6.07) is 26.2. The number of aryl methyl sites for hydroxylation is 1. The molecule has 0 saturated carbocycles. The first-order valence-corrected chi connectivity index (χ1v) is 15.5. The number of sulfonamides is 1. The molecule has 1 fully saturated rings. The van der Waals surface area contributed by atoms with Gasteiger partial charge in [0, 0.05) is 29.6 Å². The summed E-state index contributed by atoms with van der Waals surface area (Å²) in [6.45, 7) is 3.09. The molecule has 1 saturated heterocycles. The van der Waals surface area contributed by atoms with E-state index in [4.69, 9.17) is 16.7 Å². The first kappa shape index (κ1) is 27.9. The van der Waals surface area contributed by atoms with Crippen LogP contribution in [0.25, 0.3) is 5.65 Å². The molecule has 1 amide bonds. The number of hydrogen-bond donors (Lipinski definition) is 0. The summed E-state index contributed by atoms with van der Waals surface area (Å²) in [4.78, 5) is 15.4. The summed E-state index contributed by atoms with van der Waals surface area (Å²) in [5, 5.41) is 13.4. The molecule has 42 heavy (non-hydrogen) atoms. The minimum absolute atomic E-state index is 0.0518. The molecule has 5 aromatic rings. The number of anilines is 1. The molecule has 2 aromatic heterocycles. The third-order valence-electron chi connectivity index (χ3n) is 7.59. The van der Waals surface area contributed by atoms with Crippen LogP contribution >= 0.6 is 11.6 Å². The molecule has 1 aliphatic rings. The Morgan fingerprint density at radius 3 is 2.40 bits per heavy atom. The predicted octanol–water partition coefficient (Wildman–Crippen LogP) is 5.50. The van der Waals surface area contributed by atoms with Gasteiger partial charge in [-0.25, -0.2) is 8.42 Å². The minimum Gasteiger partial charge on any atom is -0.339 e. The molecule has 6 rings (SSSR count). The molecule has 11 heteroatoms. The van der Waals surface area contributed by atoms with Gasteiger partial charge in [0.25, 0.3) is 15.9 Å². The number of nitrogens with zero attached hydrogens (tertiary/aromatic N) is 6. The maximum absolute atomic E-state index is 14.0. The maximum atomic E-state index is 14.0. The Balaban J connectivity index is 1.21. The van der Waals surface area contributed by atoms with Crippen molar-refractivity contribution in [2.45, 2.75) is 37.1 Å². The highest BCUT2D eigenvalue weighted by Crippen LogP contribution is 2.30. The van der Waals surface area contributed by atoms with Gasteiger partial charge in [0.2, 0.25) is 0 Å². The Labute approximate surface area is 249 Å². The second-order valence-electron chi connectivity index (χ2n) is 10.3. The van der Waals surface area contributed by atoms with Gasteiger partial charge < -0.3 is 4.90 Å². The van der Waals surface area contributed by atoms with Crippen LogP contribution in [0.3, 0.4) is 0 Å². The Morgan fingerprint density at radius 1 is 0.929 bits per heavy atom. The summed E-state index contributed by atoms with van der Waals surface area (Å²) in [5.74, 6) is 0.746. The molecule has 0 N–H and O–H groups in total. The standard InChI is InChI=1S/C31H29ClN6O3S/c1-22-33-34-30-15-14-29(35-38(22)30)24-16-18-36(19-17-24)31(39)25-8-5-9-28(20-25)42(40,41)37(21-23-6-3-2-4-7-23)27-12-10-26(32)11-13-27/h2-15,20,24H,16-19,21H2,1H3. The van der Waals surface area contributed by atoms with Crippen LogP contribution in [0.1, 0.15) is 46.2 Å². The number of rotatable bonds is 7. The zero-order chi connectivity index (χ0) is 29.3. The van der Waals surface area contributed by atoms with E-state index in [1.54, 1.807) is 45.8 Å². The highest BCUT2D eigenvalue weighted by molar-refractivity contribution is 7.92. The van der Waals surface area contributed by atoms with Gasteiger partial charge in [0.1, 0.15) is 0 Å². The Morgan fingerprint density at radius 2 is 1.67 bits per heavy atom. The molecule has 0 unspecified atom stereocenters. The minimum atomic E-state index is -4.01. The van der Waals surface area contributed by atoms with Crippen molar-refractivity contribution in [3.63, 3.8) is 0 Å². The molecule has 0 spiro atoms. The average Bonchev–Trinajstić information content (AvgIpc) is 3.40. The smallest absolute Gasteiger partial charge is 0.264 e. The highest BCUT2D eigenvalue weighted by Gasteiger charge is 2.29. The number of likely N-dealkylation sites (tertiary alicyclic amines) is 1. The van der Waals surface area contributed by atoms with Crippen LogP contribution in [0.2, 0.25) is 5.02 Å². The van der Waals surface area contributed by atoms with Crippen LogP contribution in [-0.4, -0.2) is 52.1 Å². The average molecular weight is 601 g/mol. The first-order valence-electron chi connectivity index (χ1n) is 13.7. The molecule has 3 aromatic carbocycles. The molecule has 0 aliphatic carbocycles. The normalized spacial score (nSPS) is 14.3. The summed E-state index contributed by atoms with van der Waals surface area (Å²) in [7, 11) is -4.01. The third-order valence-corrected chi connectivity index (χ3v) is 9.61. The van der Waals surface area contributed by atoms with Gasteiger partial charge in [-0.1, -0.05) is 48.0 Å².